The van der Waals surface area contributed by atoms with E-state index < -0.39 is 0 Å². The summed E-state index contributed by atoms with van der Waals surface area (Å²) in [7, 11) is 0. The molecule has 2 saturated heterocycles. The highest BCUT2D eigenvalue weighted by molar-refractivity contribution is 5.09. The van der Waals surface area contributed by atoms with Gasteiger partial charge in [-0.2, -0.15) is 0 Å². The fourth-order valence-electron chi connectivity index (χ4n) is 4.27. The molecule has 4 rings (SSSR count). The van der Waals surface area contributed by atoms with E-state index in [0.717, 1.165) is 37.9 Å². The zero-order valence-corrected chi connectivity index (χ0v) is 14.5. The Morgan fingerprint density at radius 3 is 2.39 bits per heavy atom. The third-order valence-electron chi connectivity index (χ3n) is 6.03. The lowest BCUT2D eigenvalue weighted by atomic mass is 9.95. The van der Waals surface area contributed by atoms with E-state index in [2.05, 4.69) is 22.6 Å². The first-order valence-electron chi connectivity index (χ1n) is 9.61. The maximum Gasteiger partial charge on any atom is 0.112 e. The lowest BCUT2D eigenvalue weighted by Gasteiger charge is -2.33. The monoisotopic (exact) mass is 317 g/mol. The fraction of sp³-hybridized carbons (Fsp3) is 0.842. The van der Waals surface area contributed by atoms with E-state index >= 15 is 0 Å². The summed E-state index contributed by atoms with van der Waals surface area (Å²) in [4.78, 5) is 7.47. The van der Waals surface area contributed by atoms with Gasteiger partial charge in [-0.15, -0.1) is 0 Å². The van der Waals surface area contributed by atoms with Gasteiger partial charge in [0.15, 0.2) is 0 Å². The molecule has 0 spiro atoms. The molecular formula is C19H31N3O. The van der Waals surface area contributed by atoms with Crippen molar-refractivity contribution < 1.29 is 4.74 Å². The van der Waals surface area contributed by atoms with E-state index in [0.29, 0.717) is 5.92 Å². The van der Waals surface area contributed by atoms with Crippen molar-refractivity contribution in [2.75, 3.05) is 32.8 Å². The molecule has 1 saturated carbocycles. The summed E-state index contributed by atoms with van der Waals surface area (Å²) in [5.41, 5.74) is 1.34. The highest BCUT2D eigenvalue weighted by Gasteiger charge is 2.28. The molecule has 1 aromatic rings. The summed E-state index contributed by atoms with van der Waals surface area (Å²) in [6, 6.07) is 0. The predicted octanol–water partition coefficient (Wildman–Crippen LogP) is 3.21. The maximum atomic E-state index is 5.52. The first-order chi connectivity index (χ1) is 11.3. The molecule has 1 aromatic heterocycles. The largest absolute Gasteiger partial charge is 0.381 e. The Morgan fingerprint density at radius 1 is 1.00 bits per heavy atom. The molecule has 2 aliphatic heterocycles. The number of nitrogens with zero attached hydrogens (tertiary/aromatic N) is 3. The van der Waals surface area contributed by atoms with Crippen LogP contribution in [0.4, 0.5) is 0 Å². The van der Waals surface area contributed by atoms with Crippen molar-refractivity contribution in [2.45, 2.75) is 57.9 Å². The minimum Gasteiger partial charge on any atom is -0.381 e. The predicted molar refractivity (Wildman–Crippen MR) is 91.6 cm³/mol. The van der Waals surface area contributed by atoms with Gasteiger partial charge in [0.25, 0.3) is 0 Å². The number of aryl methyl sites for hydroxylation is 1. The SMILES string of the molecule is Cc1cnc(C2CCOCC2)n1CC1CCN(CC2CC2)CC1. The Morgan fingerprint density at radius 2 is 1.70 bits per heavy atom. The standard InChI is InChI=1S/C19H31N3O/c1-15-12-20-19(18-6-10-23-11-7-18)22(15)14-17-4-8-21(9-5-17)13-16-2-3-16/h12,16-18H,2-11,13-14H2,1H3. The van der Waals surface area contributed by atoms with Crippen LogP contribution in [0, 0.1) is 18.8 Å². The normalized spacial score (nSPS) is 25.1. The Bertz CT molecular complexity index is 509. The Balaban J connectivity index is 1.36. The van der Waals surface area contributed by atoms with Crippen LogP contribution in [-0.2, 0) is 11.3 Å². The topological polar surface area (TPSA) is 30.3 Å². The van der Waals surface area contributed by atoms with E-state index in [9.17, 15) is 0 Å². The molecule has 0 unspecified atom stereocenters. The second-order valence-electron chi connectivity index (χ2n) is 7.94. The Hall–Kier alpha value is -0.870. The van der Waals surface area contributed by atoms with Crippen LogP contribution in [0.2, 0.25) is 0 Å². The number of rotatable bonds is 5. The van der Waals surface area contributed by atoms with Crippen LogP contribution in [0.3, 0.4) is 0 Å². The van der Waals surface area contributed by atoms with Gasteiger partial charge in [-0.25, -0.2) is 4.98 Å². The molecule has 0 N–H and O–H groups in total. The average Bonchev–Trinajstić information content (AvgIpc) is 3.33. The van der Waals surface area contributed by atoms with Crippen molar-refractivity contribution >= 4 is 0 Å². The molecule has 4 nitrogen and oxygen atoms in total. The maximum absolute atomic E-state index is 5.52. The summed E-state index contributed by atoms with van der Waals surface area (Å²) >= 11 is 0. The third-order valence-corrected chi connectivity index (χ3v) is 6.03. The number of ether oxygens (including phenoxy) is 1. The van der Waals surface area contributed by atoms with Gasteiger partial charge < -0.3 is 14.2 Å². The van der Waals surface area contributed by atoms with E-state index in [1.807, 2.05) is 0 Å². The molecule has 0 bridgehead atoms. The van der Waals surface area contributed by atoms with Gasteiger partial charge in [-0.3, -0.25) is 0 Å². The van der Waals surface area contributed by atoms with E-state index in [1.165, 1.54) is 63.4 Å². The van der Waals surface area contributed by atoms with Gasteiger partial charge in [-0.1, -0.05) is 0 Å². The summed E-state index contributed by atoms with van der Waals surface area (Å²) in [5.74, 6) is 3.79. The molecule has 23 heavy (non-hydrogen) atoms. The molecule has 0 atom stereocenters. The van der Waals surface area contributed by atoms with Gasteiger partial charge >= 0.3 is 0 Å². The number of aromatic nitrogens is 2. The van der Waals surface area contributed by atoms with Crippen molar-refractivity contribution in [3.63, 3.8) is 0 Å². The molecule has 1 aliphatic carbocycles. The van der Waals surface area contributed by atoms with Crippen LogP contribution >= 0.6 is 0 Å². The van der Waals surface area contributed by atoms with Crippen molar-refractivity contribution in [1.82, 2.24) is 14.5 Å². The number of hydrogen-bond donors (Lipinski definition) is 0. The molecule has 3 aliphatic rings. The number of hydrogen-bond acceptors (Lipinski definition) is 3. The lowest BCUT2D eigenvalue weighted by Crippen LogP contribution is -2.36. The smallest absolute Gasteiger partial charge is 0.112 e. The second-order valence-corrected chi connectivity index (χ2v) is 7.94. The van der Waals surface area contributed by atoms with Crippen LogP contribution in [-0.4, -0.2) is 47.3 Å². The highest BCUT2D eigenvalue weighted by Crippen LogP contribution is 2.32. The van der Waals surface area contributed by atoms with E-state index in [4.69, 9.17) is 9.72 Å². The van der Waals surface area contributed by atoms with Gasteiger partial charge in [0.05, 0.1) is 0 Å². The molecule has 0 aromatic carbocycles. The highest BCUT2D eigenvalue weighted by atomic mass is 16.5. The first kappa shape index (κ1) is 15.6. The zero-order valence-electron chi connectivity index (χ0n) is 14.5. The Kier molecular flexibility index (Phi) is 4.72. The molecule has 4 heteroatoms. The number of imidazole rings is 1. The molecule has 128 valence electrons. The molecular weight excluding hydrogens is 286 g/mol. The molecule has 3 heterocycles. The summed E-state index contributed by atoms with van der Waals surface area (Å²) in [6.45, 7) is 9.17. The van der Waals surface area contributed by atoms with Gasteiger partial charge in [-0.05, 0) is 70.4 Å². The summed E-state index contributed by atoms with van der Waals surface area (Å²) < 4.78 is 8.05. The van der Waals surface area contributed by atoms with Gasteiger partial charge in [0.2, 0.25) is 0 Å². The number of likely N-dealkylation sites (tertiary alicyclic amines) is 1. The average molecular weight is 317 g/mol. The van der Waals surface area contributed by atoms with Crippen molar-refractivity contribution in [3.8, 4) is 0 Å². The minimum atomic E-state index is 0.604. The Labute approximate surface area is 140 Å². The van der Waals surface area contributed by atoms with Gasteiger partial charge in [0.1, 0.15) is 5.82 Å². The van der Waals surface area contributed by atoms with Crippen molar-refractivity contribution in [1.29, 1.82) is 0 Å². The van der Waals surface area contributed by atoms with Crippen LogP contribution in [0.15, 0.2) is 6.20 Å². The van der Waals surface area contributed by atoms with Crippen LogP contribution in [0.1, 0.15) is 56.0 Å². The summed E-state index contributed by atoms with van der Waals surface area (Å²) in [6.07, 6.45) is 10.0. The van der Waals surface area contributed by atoms with Crippen LogP contribution in [0.5, 0.6) is 0 Å². The fourth-order valence-corrected chi connectivity index (χ4v) is 4.27. The second kappa shape index (κ2) is 6.94. The van der Waals surface area contributed by atoms with E-state index in [1.54, 1.807) is 0 Å². The zero-order chi connectivity index (χ0) is 15.6. The first-order valence-corrected chi connectivity index (χ1v) is 9.61. The third kappa shape index (κ3) is 3.80. The van der Waals surface area contributed by atoms with Crippen molar-refractivity contribution in [3.05, 3.63) is 17.7 Å². The quantitative estimate of drug-likeness (QED) is 0.835. The van der Waals surface area contributed by atoms with Crippen LogP contribution < -0.4 is 0 Å². The van der Waals surface area contributed by atoms with Crippen LogP contribution in [0.25, 0.3) is 0 Å². The summed E-state index contributed by atoms with van der Waals surface area (Å²) in [5, 5.41) is 0. The molecule has 0 radical (unpaired) electrons. The van der Waals surface area contributed by atoms with Gasteiger partial charge in [0, 0.05) is 44.1 Å². The van der Waals surface area contributed by atoms with E-state index in [-0.39, 0.29) is 0 Å². The molecule has 3 fully saturated rings. The van der Waals surface area contributed by atoms with Crippen molar-refractivity contribution in [2.24, 2.45) is 11.8 Å². The lowest BCUT2D eigenvalue weighted by molar-refractivity contribution is 0.0822. The minimum absolute atomic E-state index is 0.604. The number of piperidine rings is 1. The molecule has 0 amide bonds.